The second kappa shape index (κ2) is 6.11. The number of halogens is 1. The molecule has 0 bridgehead atoms. The largest absolute Gasteiger partial charge is 0.379 e. The minimum Gasteiger partial charge on any atom is -0.379 e. The number of hydrogen-bond donors (Lipinski definition) is 0. The van der Waals surface area contributed by atoms with Gasteiger partial charge in [-0.05, 0) is 17.7 Å². The molecular weight excluding hydrogens is 259 g/mol. The van der Waals surface area contributed by atoms with E-state index in [1.54, 1.807) is 18.5 Å². The van der Waals surface area contributed by atoms with Crippen LogP contribution < -0.4 is 0 Å². The summed E-state index contributed by atoms with van der Waals surface area (Å²) in [5.41, 5.74) is 1.01. The SMILES string of the molecule is Fc1ccc(Cn2ncnc2CN2CCOCC2)cc1. The Labute approximate surface area is 117 Å². The molecule has 0 radical (unpaired) electrons. The highest BCUT2D eigenvalue weighted by atomic mass is 19.1. The molecule has 0 unspecified atom stereocenters. The minimum atomic E-state index is -0.221. The zero-order valence-electron chi connectivity index (χ0n) is 11.2. The third kappa shape index (κ3) is 3.20. The Kier molecular flexibility index (Phi) is 4.03. The summed E-state index contributed by atoms with van der Waals surface area (Å²) in [4.78, 5) is 6.62. The summed E-state index contributed by atoms with van der Waals surface area (Å²) >= 11 is 0. The van der Waals surface area contributed by atoms with E-state index in [9.17, 15) is 4.39 Å². The summed E-state index contributed by atoms with van der Waals surface area (Å²) in [6.45, 7) is 4.76. The first kappa shape index (κ1) is 13.2. The zero-order chi connectivity index (χ0) is 13.8. The molecule has 3 rings (SSSR count). The van der Waals surface area contributed by atoms with E-state index >= 15 is 0 Å². The van der Waals surface area contributed by atoms with Crippen molar-refractivity contribution in [3.05, 3.63) is 47.8 Å². The van der Waals surface area contributed by atoms with Crippen LogP contribution >= 0.6 is 0 Å². The topological polar surface area (TPSA) is 43.2 Å². The number of nitrogens with zero attached hydrogens (tertiary/aromatic N) is 4. The standard InChI is InChI=1S/C14H17FN4O/c15-13-3-1-12(2-4-13)9-19-14(16-11-17-19)10-18-5-7-20-8-6-18/h1-4,11H,5-10H2. The number of aromatic nitrogens is 3. The lowest BCUT2D eigenvalue weighted by molar-refractivity contribution is 0.0325. The number of hydrogen-bond acceptors (Lipinski definition) is 4. The number of morpholine rings is 1. The van der Waals surface area contributed by atoms with Gasteiger partial charge in [-0.3, -0.25) is 4.90 Å². The number of ether oxygens (including phenoxy) is 1. The molecule has 0 saturated carbocycles. The van der Waals surface area contributed by atoms with Crippen LogP contribution in [-0.4, -0.2) is 46.0 Å². The first-order valence-corrected chi connectivity index (χ1v) is 6.72. The van der Waals surface area contributed by atoms with Gasteiger partial charge in [0.2, 0.25) is 0 Å². The molecule has 0 spiro atoms. The van der Waals surface area contributed by atoms with Crippen molar-refractivity contribution in [3.8, 4) is 0 Å². The Morgan fingerprint density at radius 3 is 2.60 bits per heavy atom. The first-order chi connectivity index (χ1) is 9.81. The van der Waals surface area contributed by atoms with E-state index in [4.69, 9.17) is 4.74 Å². The van der Waals surface area contributed by atoms with Gasteiger partial charge in [-0.1, -0.05) is 12.1 Å². The van der Waals surface area contributed by atoms with E-state index in [-0.39, 0.29) is 5.82 Å². The van der Waals surface area contributed by atoms with Crippen LogP contribution in [0.4, 0.5) is 4.39 Å². The van der Waals surface area contributed by atoms with Crippen molar-refractivity contribution in [1.82, 2.24) is 19.7 Å². The molecule has 1 aliphatic rings. The lowest BCUT2D eigenvalue weighted by Gasteiger charge is -2.26. The number of benzene rings is 1. The maximum Gasteiger partial charge on any atom is 0.141 e. The molecule has 6 heteroatoms. The summed E-state index contributed by atoms with van der Waals surface area (Å²) in [6.07, 6.45) is 1.57. The van der Waals surface area contributed by atoms with Crippen LogP contribution in [0.2, 0.25) is 0 Å². The van der Waals surface area contributed by atoms with Crippen LogP contribution in [0.25, 0.3) is 0 Å². The zero-order valence-corrected chi connectivity index (χ0v) is 11.2. The lowest BCUT2D eigenvalue weighted by Crippen LogP contribution is -2.36. The van der Waals surface area contributed by atoms with Gasteiger partial charge in [-0.15, -0.1) is 0 Å². The fourth-order valence-corrected chi connectivity index (χ4v) is 2.26. The third-order valence-corrected chi connectivity index (χ3v) is 3.41. The van der Waals surface area contributed by atoms with Gasteiger partial charge in [0.25, 0.3) is 0 Å². The Balaban J connectivity index is 1.68. The first-order valence-electron chi connectivity index (χ1n) is 6.72. The molecule has 0 atom stereocenters. The summed E-state index contributed by atoms with van der Waals surface area (Å²) in [6, 6.07) is 6.48. The molecule has 2 heterocycles. The van der Waals surface area contributed by atoms with Gasteiger partial charge in [0.15, 0.2) is 0 Å². The van der Waals surface area contributed by atoms with Crippen molar-refractivity contribution in [1.29, 1.82) is 0 Å². The van der Waals surface area contributed by atoms with Gasteiger partial charge < -0.3 is 4.74 Å². The summed E-state index contributed by atoms with van der Waals surface area (Å²) in [5, 5.41) is 4.25. The van der Waals surface area contributed by atoms with Gasteiger partial charge in [-0.25, -0.2) is 14.1 Å². The Hall–Kier alpha value is -1.79. The molecule has 0 aliphatic carbocycles. The molecular formula is C14H17FN4O. The fourth-order valence-electron chi connectivity index (χ4n) is 2.26. The van der Waals surface area contributed by atoms with Crippen molar-refractivity contribution in [2.45, 2.75) is 13.1 Å². The van der Waals surface area contributed by atoms with Crippen molar-refractivity contribution >= 4 is 0 Å². The van der Waals surface area contributed by atoms with E-state index < -0.39 is 0 Å². The van der Waals surface area contributed by atoms with Crippen LogP contribution in [0.1, 0.15) is 11.4 Å². The van der Waals surface area contributed by atoms with E-state index in [0.29, 0.717) is 6.54 Å². The van der Waals surface area contributed by atoms with Crippen molar-refractivity contribution in [3.63, 3.8) is 0 Å². The van der Waals surface area contributed by atoms with Crippen LogP contribution in [0.3, 0.4) is 0 Å². The Bertz CT molecular complexity index is 549. The Morgan fingerprint density at radius 2 is 1.85 bits per heavy atom. The highest BCUT2D eigenvalue weighted by Crippen LogP contribution is 2.08. The molecule has 2 aromatic rings. The van der Waals surface area contributed by atoms with E-state index in [1.807, 2.05) is 4.68 Å². The van der Waals surface area contributed by atoms with Gasteiger partial charge in [0.05, 0.1) is 26.3 Å². The van der Waals surface area contributed by atoms with Crippen LogP contribution in [-0.2, 0) is 17.8 Å². The molecule has 1 saturated heterocycles. The van der Waals surface area contributed by atoms with E-state index in [1.165, 1.54) is 12.1 Å². The van der Waals surface area contributed by atoms with E-state index in [2.05, 4.69) is 15.0 Å². The highest BCUT2D eigenvalue weighted by molar-refractivity contribution is 5.16. The monoisotopic (exact) mass is 276 g/mol. The summed E-state index contributed by atoms with van der Waals surface area (Å²) in [5.74, 6) is 0.706. The highest BCUT2D eigenvalue weighted by Gasteiger charge is 2.14. The van der Waals surface area contributed by atoms with Crippen molar-refractivity contribution < 1.29 is 9.13 Å². The molecule has 5 nitrogen and oxygen atoms in total. The van der Waals surface area contributed by atoms with Crippen LogP contribution in [0, 0.1) is 5.82 Å². The molecule has 0 amide bonds. The molecule has 20 heavy (non-hydrogen) atoms. The second-order valence-corrected chi connectivity index (χ2v) is 4.85. The van der Waals surface area contributed by atoms with Crippen LogP contribution in [0.15, 0.2) is 30.6 Å². The van der Waals surface area contributed by atoms with Crippen molar-refractivity contribution in [2.75, 3.05) is 26.3 Å². The molecule has 106 valence electrons. The summed E-state index contributed by atoms with van der Waals surface area (Å²) < 4.78 is 20.1. The van der Waals surface area contributed by atoms with E-state index in [0.717, 1.165) is 44.2 Å². The Morgan fingerprint density at radius 1 is 1.10 bits per heavy atom. The minimum absolute atomic E-state index is 0.221. The van der Waals surface area contributed by atoms with Gasteiger partial charge in [0, 0.05) is 13.1 Å². The predicted octanol–water partition coefficient (Wildman–Crippen LogP) is 1.30. The predicted molar refractivity (Wildman–Crippen MR) is 71.6 cm³/mol. The van der Waals surface area contributed by atoms with Crippen LogP contribution in [0.5, 0.6) is 0 Å². The van der Waals surface area contributed by atoms with Gasteiger partial charge in [-0.2, -0.15) is 5.10 Å². The second-order valence-electron chi connectivity index (χ2n) is 4.85. The molecule has 0 N–H and O–H groups in total. The molecule has 1 aromatic carbocycles. The average Bonchev–Trinajstić information content (AvgIpc) is 2.90. The third-order valence-electron chi connectivity index (χ3n) is 3.41. The maximum absolute atomic E-state index is 12.9. The van der Waals surface area contributed by atoms with Gasteiger partial charge >= 0.3 is 0 Å². The molecule has 1 fully saturated rings. The number of rotatable bonds is 4. The summed E-state index contributed by atoms with van der Waals surface area (Å²) in [7, 11) is 0. The molecule has 1 aromatic heterocycles. The van der Waals surface area contributed by atoms with Gasteiger partial charge in [0.1, 0.15) is 18.0 Å². The average molecular weight is 276 g/mol. The normalized spacial score (nSPS) is 16.4. The lowest BCUT2D eigenvalue weighted by atomic mass is 10.2. The van der Waals surface area contributed by atoms with Crippen molar-refractivity contribution in [2.24, 2.45) is 0 Å². The molecule has 1 aliphatic heterocycles. The fraction of sp³-hybridized carbons (Fsp3) is 0.429. The maximum atomic E-state index is 12.9. The quantitative estimate of drug-likeness (QED) is 0.844. The smallest absolute Gasteiger partial charge is 0.141 e.